The van der Waals surface area contributed by atoms with Crippen molar-refractivity contribution in [2.24, 2.45) is 0 Å². The van der Waals surface area contributed by atoms with Gasteiger partial charge in [0.1, 0.15) is 11.6 Å². The summed E-state index contributed by atoms with van der Waals surface area (Å²) in [6, 6.07) is 7.66. The molecule has 1 unspecified atom stereocenters. The van der Waals surface area contributed by atoms with Crippen LogP contribution in [0.1, 0.15) is 31.3 Å². The molecule has 0 aliphatic heterocycles. The van der Waals surface area contributed by atoms with E-state index in [4.69, 9.17) is 4.42 Å². The van der Waals surface area contributed by atoms with Crippen molar-refractivity contribution in [2.45, 2.75) is 26.5 Å². The molecule has 0 saturated carbocycles. The molecule has 0 aliphatic carbocycles. The first-order chi connectivity index (χ1) is 8.70. The molecule has 0 aromatic carbocycles. The molecule has 4 nitrogen and oxygen atoms in total. The van der Waals surface area contributed by atoms with Crippen molar-refractivity contribution in [1.29, 1.82) is 0 Å². The number of aromatic nitrogens is 1. The molecule has 18 heavy (non-hydrogen) atoms. The molecule has 0 saturated heterocycles. The molecule has 0 bridgehead atoms. The molecule has 2 rings (SSSR count). The van der Waals surface area contributed by atoms with E-state index in [1.165, 1.54) is 0 Å². The summed E-state index contributed by atoms with van der Waals surface area (Å²) < 4.78 is 5.34. The van der Waals surface area contributed by atoms with Crippen LogP contribution in [0, 0.1) is 0 Å². The van der Waals surface area contributed by atoms with E-state index < -0.39 is 6.10 Å². The summed E-state index contributed by atoms with van der Waals surface area (Å²) in [6.07, 6.45) is 2.91. The summed E-state index contributed by atoms with van der Waals surface area (Å²) in [5.41, 5.74) is 0.827. The molecule has 2 aromatic heterocycles. The number of rotatable bonds is 5. The highest BCUT2D eigenvalue weighted by molar-refractivity contribution is 5.39. The van der Waals surface area contributed by atoms with E-state index >= 15 is 0 Å². The summed E-state index contributed by atoms with van der Waals surface area (Å²) in [5, 5.41) is 9.45. The lowest BCUT2D eigenvalue weighted by Gasteiger charge is -2.21. The molecular formula is C14H18N2O2. The Balaban J connectivity index is 2.12. The molecule has 2 heterocycles. The van der Waals surface area contributed by atoms with Crippen LogP contribution in [0.2, 0.25) is 0 Å². The second kappa shape index (κ2) is 5.69. The van der Waals surface area contributed by atoms with E-state index in [1.807, 2.05) is 24.3 Å². The van der Waals surface area contributed by atoms with Gasteiger partial charge in [0.15, 0.2) is 0 Å². The predicted molar refractivity (Wildman–Crippen MR) is 70.3 cm³/mol. The van der Waals surface area contributed by atoms with E-state index in [-0.39, 0.29) is 0 Å². The minimum atomic E-state index is -0.480. The number of furan rings is 1. The third kappa shape index (κ3) is 2.90. The Morgan fingerprint density at radius 2 is 2.22 bits per heavy atom. The van der Waals surface area contributed by atoms with Gasteiger partial charge in [-0.05, 0) is 37.6 Å². The fraction of sp³-hybridized carbons (Fsp3) is 0.357. The molecule has 1 atom stereocenters. The quantitative estimate of drug-likeness (QED) is 0.881. The van der Waals surface area contributed by atoms with Crippen molar-refractivity contribution < 1.29 is 9.52 Å². The van der Waals surface area contributed by atoms with E-state index in [0.29, 0.717) is 6.54 Å². The van der Waals surface area contributed by atoms with E-state index in [0.717, 1.165) is 23.7 Å². The van der Waals surface area contributed by atoms with Crippen molar-refractivity contribution in [2.75, 3.05) is 11.4 Å². The number of hydrogen-bond acceptors (Lipinski definition) is 4. The van der Waals surface area contributed by atoms with Crippen LogP contribution in [0.3, 0.4) is 0 Å². The number of aliphatic hydroxyl groups excluding tert-OH is 1. The first kappa shape index (κ1) is 12.6. The van der Waals surface area contributed by atoms with Crippen LogP contribution < -0.4 is 4.90 Å². The van der Waals surface area contributed by atoms with E-state index in [2.05, 4.69) is 16.8 Å². The van der Waals surface area contributed by atoms with Crippen molar-refractivity contribution in [3.05, 3.63) is 48.0 Å². The SMILES string of the molecule is CCN(Cc1ccco1)c1ccc(C(C)O)cn1. The lowest BCUT2D eigenvalue weighted by atomic mass is 10.2. The molecule has 4 heteroatoms. The van der Waals surface area contributed by atoms with Crippen LogP contribution >= 0.6 is 0 Å². The minimum Gasteiger partial charge on any atom is -0.467 e. The highest BCUT2D eigenvalue weighted by Crippen LogP contribution is 2.17. The molecule has 0 radical (unpaired) electrons. The summed E-state index contributed by atoms with van der Waals surface area (Å²) in [7, 11) is 0. The van der Waals surface area contributed by atoms with Crippen molar-refractivity contribution >= 4 is 5.82 Å². The number of pyridine rings is 1. The molecule has 0 spiro atoms. The fourth-order valence-electron chi connectivity index (χ4n) is 1.78. The Morgan fingerprint density at radius 3 is 2.72 bits per heavy atom. The standard InChI is InChI=1S/C14H18N2O2/c1-3-16(10-13-5-4-8-18-13)14-7-6-12(9-15-14)11(2)17/h4-9,11,17H,3,10H2,1-2H3. The maximum Gasteiger partial charge on any atom is 0.128 e. The van der Waals surface area contributed by atoms with Crippen LogP contribution in [0.15, 0.2) is 41.1 Å². The fourth-order valence-corrected chi connectivity index (χ4v) is 1.78. The second-order valence-corrected chi connectivity index (χ2v) is 4.22. The third-order valence-corrected chi connectivity index (χ3v) is 2.89. The second-order valence-electron chi connectivity index (χ2n) is 4.22. The summed E-state index contributed by atoms with van der Waals surface area (Å²) in [5.74, 6) is 1.80. The lowest BCUT2D eigenvalue weighted by molar-refractivity contribution is 0.199. The Hall–Kier alpha value is -1.81. The Bertz CT molecular complexity index is 463. The van der Waals surface area contributed by atoms with Gasteiger partial charge < -0.3 is 14.4 Å². The maximum absolute atomic E-state index is 9.45. The van der Waals surface area contributed by atoms with Gasteiger partial charge in [-0.15, -0.1) is 0 Å². The lowest BCUT2D eigenvalue weighted by Crippen LogP contribution is -2.22. The summed E-state index contributed by atoms with van der Waals surface area (Å²) in [6.45, 7) is 5.36. The highest BCUT2D eigenvalue weighted by atomic mass is 16.3. The third-order valence-electron chi connectivity index (χ3n) is 2.89. The Morgan fingerprint density at radius 1 is 1.39 bits per heavy atom. The summed E-state index contributed by atoms with van der Waals surface area (Å²) >= 11 is 0. The van der Waals surface area contributed by atoms with Crippen LogP contribution in [0.5, 0.6) is 0 Å². The number of nitrogens with zero attached hydrogens (tertiary/aromatic N) is 2. The average molecular weight is 246 g/mol. The van der Waals surface area contributed by atoms with Gasteiger partial charge in [0.05, 0.1) is 18.9 Å². The summed E-state index contributed by atoms with van der Waals surface area (Å²) in [4.78, 5) is 6.49. The number of aliphatic hydroxyl groups is 1. The Labute approximate surface area is 107 Å². The van der Waals surface area contributed by atoms with Crippen molar-refractivity contribution in [3.63, 3.8) is 0 Å². The van der Waals surface area contributed by atoms with E-state index in [9.17, 15) is 5.11 Å². The van der Waals surface area contributed by atoms with Crippen LogP contribution in [-0.4, -0.2) is 16.6 Å². The molecule has 0 amide bonds. The topological polar surface area (TPSA) is 49.5 Å². The zero-order valence-electron chi connectivity index (χ0n) is 10.7. The molecule has 1 N–H and O–H groups in total. The van der Waals surface area contributed by atoms with Crippen molar-refractivity contribution in [1.82, 2.24) is 4.98 Å². The van der Waals surface area contributed by atoms with Crippen LogP contribution in [0.25, 0.3) is 0 Å². The maximum atomic E-state index is 9.45. The predicted octanol–water partition coefficient (Wildman–Crippen LogP) is 2.75. The molecular weight excluding hydrogens is 228 g/mol. The first-order valence-corrected chi connectivity index (χ1v) is 6.12. The smallest absolute Gasteiger partial charge is 0.128 e. The first-order valence-electron chi connectivity index (χ1n) is 6.12. The van der Waals surface area contributed by atoms with Gasteiger partial charge in [-0.25, -0.2) is 4.98 Å². The van der Waals surface area contributed by atoms with Gasteiger partial charge in [-0.1, -0.05) is 6.07 Å². The van der Waals surface area contributed by atoms with Crippen LogP contribution in [0.4, 0.5) is 5.82 Å². The zero-order chi connectivity index (χ0) is 13.0. The normalized spacial score (nSPS) is 12.4. The van der Waals surface area contributed by atoms with Gasteiger partial charge in [-0.3, -0.25) is 0 Å². The molecule has 0 aliphatic rings. The Kier molecular flexibility index (Phi) is 3.99. The number of hydrogen-bond donors (Lipinski definition) is 1. The largest absolute Gasteiger partial charge is 0.467 e. The number of anilines is 1. The highest BCUT2D eigenvalue weighted by Gasteiger charge is 2.09. The molecule has 0 fully saturated rings. The minimum absolute atomic E-state index is 0.480. The van der Waals surface area contributed by atoms with Crippen molar-refractivity contribution in [3.8, 4) is 0 Å². The molecule has 2 aromatic rings. The zero-order valence-corrected chi connectivity index (χ0v) is 10.7. The molecule has 96 valence electrons. The van der Waals surface area contributed by atoms with Gasteiger partial charge >= 0.3 is 0 Å². The van der Waals surface area contributed by atoms with Gasteiger partial charge in [0.25, 0.3) is 0 Å². The van der Waals surface area contributed by atoms with Gasteiger partial charge in [-0.2, -0.15) is 0 Å². The van der Waals surface area contributed by atoms with Gasteiger partial charge in [0, 0.05) is 12.7 Å². The average Bonchev–Trinajstić information content (AvgIpc) is 2.89. The van der Waals surface area contributed by atoms with Crippen LogP contribution in [-0.2, 0) is 6.54 Å². The van der Waals surface area contributed by atoms with E-state index in [1.54, 1.807) is 19.4 Å². The van der Waals surface area contributed by atoms with Gasteiger partial charge in [0.2, 0.25) is 0 Å². The monoisotopic (exact) mass is 246 g/mol.